The van der Waals surface area contributed by atoms with Crippen molar-refractivity contribution in [3.05, 3.63) is 16.5 Å². The van der Waals surface area contributed by atoms with Crippen LogP contribution in [0.15, 0.2) is 0 Å². The van der Waals surface area contributed by atoms with E-state index < -0.39 is 0 Å². The third-order valence-corrected chi connectivity index (χ3v) is 3.89. The number of hydrogen-bond acceptors (Lipinski definition) is 4. The monoisotopic (exact) mass is 296 g/mol. The second-order valence-corrected chi connectivity index (χ2v) is 5.76. The van der Waals surface area contributed by atoms with Gasteiger partial charge in [-0.2, -0.15) is 0 Å². The highest BCUT2D eigenvalue weighted by Gasteiger charge is 2.29. The van der Waals surface area contributed by atoms with E-state index in [1.165, 1.54) is 0 Å². The number of nitrogens with zero attached hydrogens (tertiary/aromatic N) is 4. The van der Waals surface area contributed by atoms with E-state index in [0.717, 1.165) is 30.0 Å². The van der Waals surface area contributed by atoms with Gasteiger partial charge in [0.15, 0.2) is 0 Å². The Hall–Kier alpha value is -1.36. The number of likely N-dealkylation sites (N-methyl/N-ethyl adjacent to an activating group) is 2. The van der Waals surface area contributed by atoms with E-state index in [4.69, 9.17) is 11.6 Å². The summed E-state index contributed by atoms with van der Waals surface area (Å²) in [6, 6.07) is 0. The number of rotatable bonds is 5. The lowest BCUT2D eigenvalue weighted by atomic mass is 10.3. The molecule has 0 saturated heterocycles. The van der Waals surface area contributed by atoms with Crippen LogP contribution in [-0.4, -0.2) is 48.0 Å². The van der Waals surface area contributed by atoms with Gasteiger partial charge in [-0.3, -0.25) is 4.79 Å². The summed E-state index contributed by atoms with van der Waals surface area (Å²) in [5.41, 5.74) is 0.837. The number of hydrogen-bond donors (Lipinski definition) is 0. The minimum Gasteiger partial charge on any atom is -0.347 e. The topological polar surface area (TPSA) is 49.3 Å². The van der Waals surface area contributed by atoms with Gasteiger partial charge in [-0.05, 0) is 26.7 Å². The number of carbonyl (C=O) groups excluding carboxylic acids is 1. The summed E-state index contributed by atoms with van der Waals surface area (Å²) >= 11 is 6.22. The van der Waals surface area contributed by atoms with Crippen LogP contribution in [0.5, 0.6) is 0 Å². The fourth-order valence-corrected chi connectivity index (χ4v) is 2.14. The fraction of sp³-hybridized carbons (Fsp3) is 0.643. The van der Waals surface area contributed by atoms with Crippen molar-refractivity contribution in [1.29, 1.82) is 0 Å². The highest BCUT2D eigenvalue weighted by molar-refractivity contribution is 6.30. The first-order valence-corrected chi connectivity index (χ1v) is 7.31. The molecule has 0 unspecified atom stereocenters. The van der Waals surface area contributed by atoms with Gasteiger partial charge in [0.05, 0.1) is 6.54 Å². The van der Waals surface area contributed by atoms with Crippen molar-refractivity contribution in [1.82, 2.24) is 14.9 Å². The molecule has 1 aromatic rings. The van der Waals surface area contributed by atoms with E-state index in [9.17, 15) is 4.79 Å². The molecule has 1 fully saturated rings. The third-order valence-electron chi connectivity index (χ3n) is 3.53. The summed E-state index contributed by atoms with van der Waals surface area (Å²) in [6.07, 6.45) is 2.25. The quantitative estimate of drug-likeness (QED) is 0.782. The molecule has 1 aromatic heterocycles. The molecular weight excluding hydrogens is 276 g/mol. The van der Waals surface area contributed by atoms with Crippen LogP contribution < -0.4 is 4.90 Å². The molecule has 5 nitrogen and oxygen atoms in total. The Labute approximate surface area is 124 Å². The number of anilines is 1. The third kappa shape index (κ3) is 3.20. The van der Waals surface area contributed by atoms with Gasteiger partial charge in [0.2, 0.25) is 5.91 Å². The van der Waals surface area contributed by atoms with E-state index in [1.807, 2.05) is 18.7 Å². The van der Waals surface area contributed by atoms with Crippen molar-refractivity contribution in [3.63, 3.8) is 0 Å². The lowest BCUT2D eigenvalue weighted by Gasteiger charge is -2.25. The minimum atomic E-state index is 0.0500. The van der Waals surface area contributed by atoms with E-state index in [-0.39, 0.29) is 5.91 Å². The van der Waals surface area contributed by atoms with Crippen LogP contribution >= 0.6 is 11.6 Å². The Morgan fingerprint density at radius 1 is 1.35 bits per heavy atom. The van der Waals surface area contributed by atoms with Crippen LogP contribution in [0.4, 0.5) is 5.82 Å². The molecule has 1 amide bonds. The molecule has 0 atom stereocenters. The maximum Gasteiger partial charge on any atom is 0.241 e. The summed E-state index contributed by atoms with van der Waals surface area (Å²) in [5.74, 6) is 2.08. The van der Waals surface area contributed by atoms with Crippen LogP contribution in [0, 0.1) is 6.92 Å². The zero-order valence-corrected chi connectivity index (χ0v) is 13.2. The number of aromatic nitrogens is 2. The zero-order valence-electron chi connectivity index (χ0n) is 12.5. The molecule has 1 saturated carbocycles. The summed E-state index contributed by atoms with van der Waals surface area (Å²) < 4.78 is 0. The molecule has 0 spiro atoms. The average molecular weight is 297 g/mol. The van der Waals surface area contributed by atoms with E-state index >= 15 is 0 Å². The highest BCUT2D eigenvalue weighted by atomic mass is 35.5. The summed E-state index contributed by atoms with van der Waals surface area (Å²) in [6.45, 7) is 4.92. The smallest absolute Gasteiger partial charge is 0.241 e. The molecule has 0 N–H and O–H groups in total. The van der Waals surface area contributed by atoms with Gasteiger partial charge in [-0.25, -0.2) is 9.97 Å². The van der Waals surface area contributed by atoms with Crippen molar-refractivity contribution in [2.24, 2.45) is 0 Å². The maximum atomic E-state index is 11.9. The van der Waals surface area contributed by atoms with E-state index in [0.29, 0.717) is 24.2 Å². The summed E-state index contributed by atoms with van der Waals surface area (Å²) in [4.78, 5) is 24.5. The second-order valence-electron chi connectivity index (χ2n) is 5.40. The summed E-state index contributed by atoms with van der Waals surface area (Å²) in [5, 5.41) is 0.493. The highest BCUT2D eigenvalue weighted by Crippen LogP contribution is 2.39. The van der Waals surface area contributed by atoms with Gasteiger partial charge in [-0.15, -0.1) is 0 Å². The SMILES string of the molecule is CCN(CC(=O)N(C)C)c1nc(C2CC2)nc(Cl)c1C. The van der Waals surface area contributed by atoms with Crippen LogP contribution in [0.2, 0.25) is 5.15 Å². The first kappa shape index (κ1) is 15.0. The Balaban J connectivity index is 2.30. The molecule has 1 aliphatic rings. The summed E-state index contributed by atoms with van der Waals surface area (Å²) in [7, 11) is 3.51. The molecule has 0 aliphatic heterocycles. The second kappa shape index (κ2) is 5.95. The Morgan fingerprint density at radius 3 is 2.50 bits per heavy atom. The standard InChI is InChI=1S/C14H21ClN4O/c1-5-19(8-11(20)18(3)4)14-9(2)12(15)16-13(17-14)10-6-7-10/h10H,5-8H2,1-4H3. The Kier molecular flexibility index (Phi) is 4.48. The number of amides is 1. The van der Waals surface area contributed by atoms with Crippen molar-refractivity contribution < 1.29 is 4.79 Å². The molecular formula is C14H21ClN4O. The molecule has 0 aromatic carbocycles. The number of carbonyl (C=O) groups is 1. The average Bonchev–Trinajstić information content (AvgIpc) is 3.23. The van der Waals surface area contributed by atoms with Crippen LogP contribution in [-0.2, 0) is 4.79 Å². The molecule has 2 rings (SSSR count). The van der Waals surface area contributed by atoms with Gasteiger partial charge in [0.25, 0.3) is 0 Å². The molecule has 0 radical (unpaired) electrons. The molecule has 6 heteroatoms. The minimum absolute atomic E-state index is 0.0500. The van der Waals surface area contributed by atoms with E-state index in [1.54, 1.807) is 19.0 Å². The van der Waals surface area contributed by atoms with Gasteiger partial charge in [0, 0.05) is 32.1 Å². The largest absolute Gasteiger partial charge is 0.347 e. The van der Waals surface area contributed by atoms with Crippen molar-refractivity contribution in [3.8, 4) is 0 Å². The lowest BCUT2D eigenvalue weighted by molar-refractivity contribution is -0.127. The lowest BCUT2D eigenvalue weighted by Crippen LogP contribution is -2.37. The molecule has 1 aliphatic carbocycles. The Morgan fingerprint density at radius 2 is 2.00 bits per heavy atom. The molecule has 0 bridgehead atoms. The van der Waals surface area contributed by atoms with Gasteiger partial charge < -0.3 is 9.80 Å². The molecule has 110 valence electrons. The zero-order chi connectivity index (χ0) is 14.9. The van der Waals surface area contributed by atoms with Crippen molar-refractivity contribution >= 4 is 23.3 Å². The van der Waals surface area contributed by atoms with Crippen LogP contribution in [0.25, 0.3) is 0 Å². The first-order valence-electron chi connectivity index (χ1n) is 6.93. The fourth-order valence-electron chi connectivity index (χ4n) is 1.97. The van der Waals surface area contributed by atoms with Crippen LogP contribution in [0.1, 0.15) is 37.1 Å². The van der Waals surface area contributed by atoms with Gasteiger partial charge in [0.1, 0.15) is 16.8 Å². The number of halogens is 1. The normalized spacial score (nSPS) is 14.2. The Bertz CT molecular complexity index is 514. The molecule has 1 heterocycles. The first-order chi connectivity index (χ1) is 9.43. The molecule has 20 heavy (non-hydrogen) atoms. The van der Waals surface area contributed by atoms with Gasteiger partial charge in [-0.1, -0.05) is 11.6 Å². The predicted octanol–water partition coefficient (Wildman–Crippen LogP) is 2.23. The van der Waals surface area contributed by atoms with E-state index in [2.05, 4.69) is 9.97 Å². The predicted molar refractivity (Wildman–Crippen MR) is 80.3 cm³/mol. The van der Waals surface area contributed by atoms with Gasteiger partial charge >= 0.3 is 0 Å². The maximum absolute atomic E-state index is 11.9. The van der Waals surface area contributed by atoms with Crippen LogP contribution in [0.3, 0.4) is 0 Å². The van der Waals surface area contributed by atoms with Crippen molar-refractivity contribution in [2.45, 2.75) is 32.6 Å². The van der Waals surface area contributed by atoms with Crippen molar-refractivity contribution in [2.75, 3.05) is 32.1 Å².